The molecule has 172 valence electrons. The Hall–Kier alpha value is -2.35. The van der Waals surface area contributed by atoms with Crippen molar-refractivity contribution in [1.29, 1.82) is 0 Å². The van der Waals surface area contributed by atoms with Crippen molar-refractivity contribution in [3.63, 3.8) is 0 Å². The van der Waals surface area contributed by atoms with Gasteiger partial charge < -0.3 is 4.18 Å². The third kappa shape index (κ3) is 3.93. The fourth-order valence-corrected chi connectivity index (χ4v) is 6.07. The van der Waals surface area contributed by atoms with Crippen LogP contribution < -0.4 is 4.18 Å². The highest BCUT2D eigenvalue weighted by molar-refractivity contribution is 7.88. The largest absolute Gasteiger partial charge is 0.534 e. The van der Waals surface area contributed by atoms with Crippen LogP contribution in [0.15, 0.2) is 48.5 Å². The van der Waals surface area contributed by atoms with Crippen molar-refractivity contribution in [1.82, 2.24) is 0 Å². The minimum absolute atomic E-state index is 0.232. The Kier molecular flexibility index (Phi) is 5.64. The van der Waals surface area contributed by atoms with Crippen LogP contribution >= 0.6 is 0 Å². The molecule has 2 aromatic carbocycles. The summed E-state index contributed by atoms with van der Waals surface area (Å²) in [6, 6.07) is 14.4. The quantitative estimate of drug-likeness (QED) is 0.442. The van der Waals surface area contributed by atoms with E-state index in [0.717, 1.165) is 29.5 Å². The van der Waals surface area contributed by atoms with Crippen molar-refractivity contribution in [3.8, 4) is 5.75 Å². The van der Waals surface area contributed by atoms with Gasteiger partial charge in [-0.25, -0.2) is 0 Å². The number of ketones is 1. The molecule has 2 atom stereocenters. The molecule has 0 aromatic heterocycles. The molecule has 4 nitrogen and oxygen atoms in total. The first-order valence-electron chi connectivity index (χ1n) is 10.7. The maximum absolute atomic E-state index is 12.8. The zero-order chi connectivity index (χ0) is 23.2. The highest BCUT2D eigenvalue weighted by Gasteiger charge is 2.54. The Balaban J connectivity index is 1.82. The number of rotatable bonds is 4. The van der Waals surface area contributed by atoms with Crippen LogP contribution in [0, 0.1) is 5.41 Å². The molecule has 2 aromatic rings. The molecule has 0 aliphatic heterocycles. The lowest BCUT2D eigenvalue weighted by molar-refractivity contribution is -0.127. The smallest absolute Gasteiger partial charge is 0.376 e. The van der Waals surface area contributed by atoms with Crippen LogP contribution in [0.5, 0.6) is 5.75 Å². The van der Waals surface area contributed by atoms with Crippen LogP contribution in [0.3, 0.4) is 0 Å². The molecular formula is C24H25F3O4S. The Morgan fingerprint density at radius 3 is 2.44 bits per heavy atom. The molecule has 1 fully saturated rings. The van der Waals surface area contributed by atoms with Gasteiger partial charge in [0.05, 0.1) is 0 Å². The zero-order valence-electron chi connectivity index (χ0n) is 17.7. The first kappa shape index (κ1) is 22.8. The highest BCUT2D eigenvalue weighted by atomic mass is 32.2. The molecule has 8 heteroatoms. The minimum Gasteiger partial charge on any atom is -0.376 e. The van der Waals surface area contributed by atoms with Gasteiger partial charge in [0.25, 0.3) is 0 Å². The molecule has 0 unspecified atom stereocenters. The van der Waals surface area contributed by atoms with E-state index in [1.807, 2.05) is 30.3 Å². The van der Waals surface area contributed by atoms with E-state index >= 15 is 0 Å². The van der Waals surface area contributed by atoms with E-state index in [1.54, 1.807) is 6.07 Å². The molecule has 0 heterocycles. The van der Waals surface area contributed by atoms with Crippen molar-refractivity contribution in [2.24, 2.45) is 5.41 Å². The van der Waals surface area contributed by atoms with Crippen LogP contribution in [-0.2, 0) is 33.2 Å². The number of carbonyl (C=O) groups excluding carboxylic acids is 1. The first-order chi connectivity index (χ1) is 15.0. The Labute approximate surface area is 185 Å². The predicted octanol–water partition coefficient (Wildman–Crippen LogP) is 5.49. The Bertz CT molecular complexity index is 1130. The van der Waals surface area contributed by atoms with Crippen LogP contribution in [0.1, 0.15) is 55.7 Å². The summed E-state index contributed by atoms with van der Waals surface area (Å²) in [7, 11) is -5.74. The molecule has 0 radical (unpaired) electrons. The fraction of sp³-hybridized carbons (Fsp3) is 0.458. The summed E-state index contributed by atoms with van der Waals surface area (Å²) in [5, 5.41) is 0. The van der Waals surface area contributed by atoms with E-state index in [9.17, 15) is 26.4 Å². The molecule has 0 N–H and O–H groups in total. The van der Waals surface area contributed by atoms with Gasteiger partial charge in [0.2, 0.25) is 0 Å². The number of Topliss-reactive ketones (excluding diaryl/α,β-unsaturated/α-hetero) is 1. The molecule has 1 saturated carbocycles. The van der Waals surface area contributed by atoms with Gasteiger partial charge in [0.1, 0.15) is 11.5 Å². The minimum atomic E-state index is -5.74. The monoisotopic (exact) mass is 466 g/mol. The molecule has 0 saturated heterocycles. The summed E-state index contributed by atoms with van der Waals surface area (Å²) in [6.45, 7) is 2.14. The summed E-state index contributed by atoms with van der Waals surface area (Å²) >= 11 is 0. The van der Waals surface area contributed by atoms with Gasteiger partial charge in [0.15, 0.2) is 0 Å². The molecule has 32 heavy (non-hydrogen) atoms. The van der Waals surface area contributed by atoms with Gasteiger partial charge in [-0.05, 0) is 66.3 Å². The van der Waals surface area contributed by atoms with E-state index in [-0.39, 0.29) is 22.4 Å². The number of fused-ring (bicyclic) bond motifs is 3. The van der Waals surface area contributed by atoms with Crippen molar-refractivity contribution >= 4 is 15.9 Å². The summed E-state index contributed by atoms with van der Waals surface area (Å²) in [6.07, 6.45) is 4.39. The van der Waals surface area contributed by atoms with Crippen LogP contribution in [-0.4, -0.2) is 19.7 Å². The van der Waals surface area contributed by atoms with E-state index < -0.39 is 15.6 Å². The van der Waals surface area contributed by atoms with Gasteiger partial charge in [-0.3, -0.25) is 4.79 Å². The summed E-state index contributed by atoms with van der Waals surface area (Å²) in [4.78, 5) is 12.5. The number of halogens is 3. The number of alkyl halides is 3. The van der Waals surface area contributed by atoms with Gasteiger partial charge in [-0.2, -0.15) is 21.6 Å². The number of hydrogen-bond donors (Lipinski definition) is 0. The van der Waals surface area contributed by atoms with E-state index in [4.69, 9.17) is 0 Å². The van der Waals surface area contributed by atoms with Crippen molar-refractivity contribution in [3.05, 3.63) is 65.2 Å². The second-order valence-corrected chi connectivity index (χ2v) is 10.7. The normalized spacial score (nSPS) is 26.1. The third-order valence-corrected chi connectivity index (χ3v) is 8.16. The lowest BCUT2D eigenvalue weighted by atomic mass is 9.51. The first-order valence-corrected chi connectivity index (χ1v) is 12.1. The maximum atomic E-state index is 12.8. The van der Waals surface area contributed by atoms with E-state index in [1.165, 1.54) is 12.1 Å². The molecular weight excluding hydrogens is 441 g/mol. The average Bonchev–Trinajstić information content (AvgIpc) is 2.81. The number of aryl methyl sites for hydroxylation is 1. The third-order valence-electron chi connectivity index (χ3n) is 7.18. The number of benzene rings is 2. The van der Waals surface area contributed by atoms with Crippen molar-refractivity contribution in [2.75, 3.05) is 0 Å². The van der Waals surface area contributed by atoms with Gasteiger partial charge in [-0.1, -0.05) is 43.3 Å². The van der Waals surface area contributed by atoms with Gasteiger partial charge >= 0.3 is 15.6 Å². The molecule has 2 aliphatic carbocycles. The second-order valence-electron chi connectivity index (χ2n) is 9.18. The Morgan fingerprint density at radius 2 is 1.75 bits per heavy atom. The molecule has 0 bridgehead atoms. The fourth-order valence-electron chi connectivity index (χ4n) is 5.61. The predicted molar refractivity (Wildman–Crippen MR) is 114 cm³/mol. The van der Waals surface area contributed by atoms with E-state index in [2.05, 4.69) is 11.1 Å². The molecule has 0 spiro atoms. The average molecular weight is 467 g/mol. The SMILES string of the molecule is C[C@]12CCCc3cc(OS(=O)(=O)C(F)(F)F)ccc3[C@]1(Cc1ccccc1)CCC(=O)C2. The molecule has 2 aliphatic rings. The van der Waals surface area contributed by atoms with E-state index in [0.29, 0.717) is 32.1 Å². The number of carbonyl (C=O) groups is 1. The highest BCUT2D eigenvalue weighted by Crippen LogP contribution is 2.58. The standard InChI is InChI=1S/C24H25F3O4S/c1-22-12-5-8-18-14-20(31-32(29,30)24(25,26)27)9-10-21(18)23(22,13-11-19(28)16-22)15-17-6-3-2-4-7-17/h2-4,6-7,9-10,14H,5,8,11-13,15-16H2,1H3/t22-,23-/m1/s1. The van der Waals surface area contributed by atoms with Crippen LogP contribution in [0.4, 0.5) is 13.2 Å². The molecule has 0 amide bonds. The lowest BCUT2D eigenvalue weighted by Crippen LogP contribution is -2.50. The molecule has 4 rings (SSSR count). The van der Waals surface area contributed by atoms with Gasteiger partial charge in [-0.15, -0.1) is 0 Å². The van der Waals surface area contributed by atoms with Crippen molar-refractivity contribution in [2.45, 2.75) is 62.8 Å². The second kappa shape index (κ2) is 7.90. The van der Waals surface area contributed by atoms with Crippen LogP contribution in [0.25, 0.3) is 0 Å². The van der Waals surface area contributed by atoms with Gasteiger partial charge in [0, 0.05) is 18.3 Å². The van der Waals surface area contributed by atoms with Crippen molar-refractivity contribution < 1.29 is 30.6 Å². The Morgan fingerprint density at radius 1 is 1.03 bits per heavy atom. The zero-order valence-corrected chi connectivity index (χ0v) is 18.6. The topological polar surface area (TPSA) is 60.4 Å². The summed E-state index contributed by atoms with van der Waals surface area (Å²) < 4.78 is 65.7. The lowest BCUT2D eigenvalue weighted by Gasteiger charge is -2.52. The number of hydrogen-bond acceptors (Lipinski definition) is 4. The summed E-state index contributed by atoms with van der Waals surface area (Å²) in [5.41, 5.74) is -3.28. The maximum Gasteiger partial charge on any atom is 0.534 e. The van der Waals surface area contributed by atoms with Crippen LogP contribution in [0.2, 0.25) is 0 Å². The summed E-state index contributed by atoms with van der Waals surface area (Å²) in [5.74, 6) is -0.109.